The molecule has 2 aromatic carbocycles. The van der Waals surface area contributed by atoms with Gasteiger partial charge in [-0.1, -0.05) is 44.9 Å². The molecule has 1 fully saturated rings. The number of fused-ring (bicyclic) bond motifs is 4. The van der Waals surface area contributed by atoms with Crippen LogP contribution in [0.25, 0.3) is 44.1 Å². The van der Waals surface area contributed by atoms with Gasteiger partial charge in [0.25, 0.3) is 0 Å². The number of rotatable bonds is 4. The third-order valence-corrected chi connectivity index (χ3v) is 7.43. The number of hydrogen-bond acceptors (Lipinski definition) is 3. The third-order valence-electron chi connectivity index (χ3n) is 7.43. The molecule has 34 heavy (non-hydrogen) atoms. The van der Waals surface area contributed by atoms with Crippen LogP contribution in [0, 0.1) is 19.8 Å². The Kier molecular flexibility index (Phi) is 5.17. The molecule has 1 aliphatic carbocycles. The van der Waals surface area contributed by atoms with Crippen molar-refractivity contribution in [2.45, 2.75) is 65.7 Å². The molecule has 1 aliphatic rings. The molecule has 0 atom stereocenters. The predicted molar refractivity (Wildman–Crippen MR) is 141 cm³/mol. The van der Waals surface area contributed by atoms with E-state index in [1.165, 1.54) is 53.1 Å². The van der Waals surface area contributed by atoms with Crippen molar-refractivity contribution in [3.05, 3.63) is 71.0 Å². The van der Waals surface area contributed by atoms with Crippen LogP contribution in [0.1, 0.15) is 67.8 Å². The van der Waals surface area contributed by atoms with Crippen LogP contribution in [0.4, 0.5) is 0 Å². The number of aromatic nitrogens is 2. The van der Waals surface area contributed by atoms with Gasteiger partial charge in [0, 0.05) is 33.6 Å². The van der Waals surface area contributed by atoms with Gasteiger partial charge >= 0.3 is 0 Å². The topological polar surface area (TPSA) is 38.9 Å². The Morgan fingerprint density at radius 1 is 0.912 bits per heavy atom. The minimum Gasteiger partial charge on any atom is -0.437 e. The molecule has 3 nitrogen and oxygen atoms in total. The molecule has 5 aromatic rings. The van der Waals surface area contributed by atoms with E-state index in [4.69, 9.17) is 9.40 Å². The largest absolute Gasteiger partial charge is 0.437 e. The number of benzene rings is 2. The zero-order valence-electron chi connectivity index (χ0n) is 20.6. The van der Waals surface area contributed by atoms with Crippen LogP contribution in [-0.4, -0.2) is 9.97 Å². The van der Waals surface area contributed by atoms with Gasteiger partial charge in [0.2, 0.25) is 5.71 Å². The Hall–Kier alpha value is -3.20. The Bertz CT molecular complexity index is 1540. The fourth-order valence-electron chi connectivity index (χ4n) is 5.82. The molecular formula is C31H32N2O. The highest BCUT2D eigenvalue weighted by molar-refractivity contribution is 6.11. The van der Waals surface area contributed by atoms with Crippen LogP contribution in [-0.2, 0) is 6.42 Å². The summed E-state index contributed by atoms with van der Waals surface area (Å²) in [5.74, 6) is 1.28. The second kappa shape index (κ2) is 8.23. The standard InChI is InChI=1S/C31H32N2O/c1-18(2)13-23-17-32-29(24-12-10-22(16-26(23)24)21-7-5-6-8-21)28-15-19(3)14-27-25-11-9-20(4)33-31(25)34-30(27)28/h9-12,14-18,21H,5-8,13H2,1-4H3. The Morgan fingerprint density at radius 2 is 1.71 bits per heavy atom. The van der Waals surface area contributed by atoms with Gasteiger partial charge in [-0.25, -0.2) is 4.98 Å². The van der Waals surface area contributed by atoms with E-state index in [0.717, 1.165) is 39.7 Å². The number of hydrogen-bond donors (Lipinski definition) is 0. The highest BCUT2D eigenvalue weighted by Crippen LogP contribution is 2.41. The van der Waals surface area contributed by atoms with E-state index in [-0.39, 0.29) is 0 Å². The average Bonchev–Trinajstić information content (AvgIpc) is 3.46. The van der Waals surface area contributed by atoms with Gasteiger partial charge in [0.15, 0.2) is 0 Å². The maximum atomic E-state index is 6.37. The summed E-state index contributed by atoms with van der Waals surface area (Å²) in [4.78, 5) is 9.71. The zero-order chi connectivity index (χ0) is 23.4. The van der Waals surface area contributed by atoms with E-state index < -0.39 is 0 Å². The van der Waals surface area contributed by atoms with Crippen LogP contribution >= 0.6 is 0 Å². The van der Waals surface area contributed by atoms with Crippen molar-refractivity contribution in [2.75, 3.05) is 0 Å². The molecule has 0 spiro atoms. The highest BCUT2D eigenvalue weighted by Gasteiger charge is 2.21. The molecule has 0 unspecified atom stereocenters. The molecule has 0 amide bonds. The molecule has 0 bridgehead atoms. The summed E-state index contributed by atoms with van der Waals surface area (Å²) in [7, 11) is 0. The molecule has 0 radical (unpaired) electrons. The molecular weight excluding hydrogens is 416 g/mol. The lowest BCUT2D eigenvalue weighted by atomic mass is 9.90. The summed E-state index contributed by atoms with van der Waals surface area (Å²) in [5.41, 5.74) is 8.64. The van der Waals surface area contributed by atoms with E-state index in [1.54, 1.807) is 0 Å². The summed E-state index contributed by atoms with van der Waals surface area (Å²) in [6.07, 6.45) is 8.47. The van der Waals surface area contributed by atoms with Gasteiger partial charge in [-0.2, -0.15) is 0 Å². The SMILES string of the molecule is Cc1cc(-c2ncc(CC(C)C)c3cc(C4CCCC4)ccc23)c2oc3nc(C)ccc3c2c1. The lowest BCUT2D eigenvalue weighted by Gasteiger charge is -2.16. The van der Waals surface area contributed by atoms with Gasteiger partial charge in [-0.15, -0.1) is 0 Å². The van der Waals surface area contributed by atoms with Gasteiger partial charge in [-0.05, 0) is 91.3 Å². The van der Waals surface area contributed by atoms with Crippen molar-refractivity contribution in [1.82, 2.24) is 9.97 Å². The summed E-state index contributed by atoms with van der Waals surface area (Å²) < 4.78 is 6.37. The van der Waals surface area contributed by atoms with Crippen molar-refractivity contribution in [1.29, 1.82) is 0 Å². The first-order valence-electron chi connectivity index (χ1n) is 12.7. The quantitative estimate of drug-likeness (QED) is 0.276. The molecule has 3 heteroatoms. The van der Waals surface area contributed by atoms with Crippen molar-refractivity contribution < 1.29 is 4.42 Å². The summed E-state index contributed by atoms with van der Waals surface area (Å²) >= 11 is 0. The predicted octanol–water partition coefficient (Wildman–Crippen LogP) is 8.67. The third kappa shape index (κ3) is 3.58. The first-order valence-corrected chi connectivity index (χ1v) is 12.7. The second-order valence-corrected chi connectivity index (χ2v) is 10.6. The molecule has 1 saturated carbocycles. The number of aryl methyl sites for hydroxylation is 2. The minimum absolute atomic E-state index is 0.585. The monoisotopic (exact) mass is 448 g/mol. The fourth-order valence-corrected chi connectivity index (χ4v) is 5.82. The van der Waals surface area contributed by atoms with Gasteiger partial charge in [0.1, 0.15) is 5.58 Å². The maximum Gasteiger partial charge on any atom is 0.227 e. The van der Waals surface area contributed by atoms with E-state index >= 15 is 0 Å². The van der Waals surface area contributed by atoms with Gasteiger partial charge in [-0.3, -0.25) is 4.98 Å². The molecule has 0 N–H and O–H groups in total. The van der Waals surface area contributed by atoms with E-state index in [2.05, 4.69) is 74.4 Å². The fraction of sp³-hybridized carbons (Fsp3) is 0.355. The molecule has 172 valence electrons. The summed E-state index contributed by atoms with van der Waals surface area (Å²) in [6.45, 7) is 8.72. The van der Waals surface area contributed by atoms with Crippen LogP contribution in [0.2, 0.25) is 0 Å². The average molecular weight is 449 g/mol. The minimum atomic E-state index is 0.585. The van der Waals surface area contributed by atoms with Crippen LogP contribution in [0.15, 0.2) is 53.1 Å². The molecule has 3 aromatic heterocycles. The van der Waals surface area contributed by atoms with E-state index in [0.29, 0.717) is 17.5 Å². The summed E-state index contributed by atoms with van der Waals surface area (Å²) in [5, 5.41) is 4.75. The molecule has 0 aliphatic heterocycles. The van der Waals surface area contributed by atoms with Crippen molar-refractivity contribution >= 4 is 32.8 Å². The number of pyridine rings is 2. The normalized spacial score (nSPS) is 14.9. The van der Waals surface area contributed by atoms with Crippen molar-refractivity contribution in [3.63, 3.8) is 0 Å². The van der Waals surface area contributed by atoms with Crippen LogP contribution in [0.5, 0.6) is 0 Å². The van der Waals surface area contributed by atoms with Gasteiger partial charge in [0.05, 0.1) is 5.69 Å². The van der Waals surface area contributed by atoms with E-state index in [9.17, 15) is 0 Å². The number of furan rings is 1. The van der Waals surface area contributed by atoms with Crippen LogP contribution in [0.3, 0.4) is 0 Å². The van der Waals surface area contributed by atoms with Crippen molar-refractivity contribution in [2.24, 2.45) is 5.92 Å². The first kappa shape index (κ1) is 21.3. The second-order valence-electron chi connectivity index (χ2n) is 10.6. The smallest absolute Gasteiger partial charge is 0.227 e. The summed E-state index contributed by atoms with van der Waals surface area (Å²) in [6, 6.07) is 15.7. The Balaban J connectivity index is 1.62. The Morgan fingerprint density at radius 3 is 2.50 bits per heavy atom. The molecule has 0 saturated heterocycles. The maximum absolute atomic E-state index is 6.37. The zero-order valence-corrected chi connectivity index (χ0v) is 20.6. The molecule has 3 heterocycles. The molecule has 6 rings (SSSR count). The Labute approximate surface area is 201 Å². The number of nitrogens with zero attached hydrogens (tertiary/aromatic N) is 2. The highest BCUT2D eigenvalue weighted by atomic mass is 16.3. The van der Waals surface area contributed by atoms with Crippen molar-refractivity contribution in [3.8, 4) is 11.3 Å². The lowest BCUT2D eigenvalue weighted by molar-refractivity contribution is 0.648. The van der Waals surface area contributed by atoms with Gasteiger partial charge < -0.3 is 4.42 Å². The lowest BCUT2D eigenvalue weighted by Crippen LogP contribution is -2.00. The van der Waals surface area contributed by atoms with Crippen LogP contribution < -0.4 is 0 Å². The van der Waals surface area contributed by atoms with E-state index in [1.807, 2.05) is 6.92 Å². The first-order chi connectivity index (χ1) is 16.5.